The lowest BCUT2D eigenvalue weighted by Crippen LogP contribution is -3.00. The lowest BCUT2D eigenvalue weighted by molar-refractivity contribution is -0.648. The highest BCUT2D eigenvalue weighted by atomic mass is 127. The molecule has 0 aliphatic rings. The summed E-state index contributed by atoms with van der Waals surface area (Å²) in [5, 5.41) is 0. The summed E-state index contributed by atoms with van der Waals surface area (Å²) in [7, 11) is 4.39. The van der Waals surface area contributed by atoms with Gasteiger partial charge in [0.15, 0.2) is 11.4 Å². The molecule has 0 N–H and O–H groups in total. The van der Waals surface area contributed by atoms with Gasteiger partial charge in [-0.15, -0.1) is 0 Å². The van der Waals surface area contributed by atoms with E-state index in [9.17, 15) is 0 Å². The Labute approximate surface area is 305 Å². The molecule has 0 unspecified atom stereocenters. The van der Waals surface area contributed by atoms with Gasteiger partial charge in [-0.3, -0.25) is 0 Å². The fraction of sp³-hybridized carbons (Fsp3) is 0.0455. The molecule has 0 saturated heterocycles. The smallest absolute Gasteiger partial charge is 0.290 e. The third-order valence-corrected chi connectivity index (χ3v) is 8.64. The van der Waals surface area contributed by atoms with Crippen molar-refractivity contribution in [2.24, 2.45) is 14.1 Å². The van der Waals surface area contributed by atoms with Crippen molar-refractivity contribution in [2.75, 3.05) is 0 Å². The van der Waals surface area contributed by atoms with Crippen LogP contribution in [0.1, 0.15) is 0 Å². The molecule has 8 aromatic rings. The molecular formula is C44H37IN4. The van der Waals surface area contributed by atoms with E-state index >= 15 is 0 Å². The third-order valence-electron chi connectivity index (χ3n) is 8.64. The van der Waals surface area contributed by atoms with Crippen LogP contribution in [0.5, 0.6) is 0 Å². The minimum absolute atomic E-state index is 0. The molecule has 8 rings (SSSR count). The first kappa shape index (κ1) is 33.4. The molecule has 0 saturated carbocycles. The van der Waals surface area contributed by atoms with Gasteiger partial charge in [0.1, 0.15) is 0 Å². The van der Waals surface area contributed by atoms with Gasteiger partial charge in [0.2, 0.25) is 0 Å². The zero-order chi connectivity index (χ0) is 32.7. The van der Waals surface area contributed by atoms with Crippen molar-refractivity contribution in [3.63, 3.8) is 0 Å². The van der Waals surface area contributed by atoms with Gasteiger partial charge in [-0.2, -0.15) is 0 Å². The molecule has 0 amide bonds. The fourth-order valence-corrected chi connectivity index (χ4v) is 6.46. The van der Waals surface area contributed by atoms with Crippen LogP contribution in [0.2, 0.25) is 0 Å². The number of nitrogens with zero attached hydrogens (tertiary/aromatic N) is 4. The van der Waals surface area contributed by atoms with Gasteiger partial charge < -0.3 is 28.5 Å². The molecular weight excluding hydrogens is 711 g/mol. The number of imidazole rings is 2. The number of rotatable bonds is 6. The normalized spacial score (nSPS) is 10.5. The Morgan fingerprint density at radius 2 is 0.959 bits per heavy atom. The van der Waals surface area contributed by atoms with Crippen LogP contribution in [0.3, 0.4) is 0 Å². The molecule has 0 bridgehead atoms. The Morgan fingerprint density at radius 3 is 1.43 bits per heavy atom. The van der Waals surface area contributed by atoms with E-state index in [0.29, 0.717) is 0 Å². The van der Waals surface area contributed by atoms with E-state index in [2.05, 4.69) is 168 Å². The second kappa shape index (κ2) is 15.6. The van der Waals surface area contributed by atoms with Gasteiger partial charge in [0.05, 0.1) is 26.0 Å². The Bertz CT molecular complexity index is 2090. The van der Waals surface area contributed by atoms with Crippen LogP contribution in [0.25, 0.3) is 61.8 Å². The predicted octanol–water partition coefficient (Wildman–Crippen LogP) is 7.06. The average molecular weight is 749 g/mol. The van der Waals surface area contributed by atoms with Crippen LogP contribution < -0.4 is 28.5 Å². The van der Waals surface area contributed by atoms with Gasteiger partial charge in [0, 0.05) is 29.2 Å². The number of benzene rings is 6. The molecule has 0 aliphatic carbocycles. The number of aromatic nitrogens is 4. The van der Waals surface area contributed by atoms with Gasteiger partial charge >= 0.3 is 0 Å². The molecule has 0 radical (unpaired) electrons. The van der Waals surface area contributed by atoms with Crippen LogP contribution in [-0.2, 0) is 14.1 Å². The maximum absolute atomic E-state index is 3.96. The monoisotopic (exact) mass is 748 g/mol. The second-order valence-electron chi connectivity index (χ2n) is 11.6. The number of hydrogen-bond donors (Lipinski definition) is 0. The van der Waals surface area contributed by atoms with E-state index in [1.807, 2.05) is 41.1 Å². The van der Waals surface area contributed by atoms with E-state index in [4.69, 9.17) is 0 Å². The number of hydrogen-bond acceptors (Lipinski definition) is 1. The maximum atomic E-state index is 3.96. The summed E-state index contributed by atoms with van der Waals surface area (Å²) >= 11 is 0. The maximum Gasteiger partial charge on any atom is 0.290 e. The molecule has 6 aromatic carbocycles. The summed E-state index contributed by atoms with van der Waals surface area (Å²) in [6.45, 7) is 0. The van der Waals surface area contributed by atoms with E-state index < -0.39 is 0 Å². The molecule has 0 atom stereocenters. The summed E-state index contributed by atoms with van der Waals surface area (Å²) in [6.07, 6.45) is 5.48. The van der Waals surface area contributed by atoms with Crippen molar-refractivity contribution in [3.8, 4) is 61.8 Å². The van der Waals surface area contributed by atoms with Gasteiger partial charge in [-0.05, 0) is 34.4 Å². The topological polar surface area (TPSA) is 26.6 Å². The molecule has 0 aliphatic heterocycles. The lowest BCUT2D eigenvalue weighted by atomic mass is 9.91. The van der Waals surface area contributed by atoms with Crippen molar-refractivity contribution < 1.29 is 28.5 Å². The second-order valence-corrected chi connectivity index (χ2v) is 11.6. The first-order chi connectivity index (χ1) is 23.7. The molecule has 0 spiro atoms. The van der Waals surface area contributed by atoms with Gasteiger partial charge in [0.25, 0.3) is 5.82 Å². The highest BCUT2D eigenvalue weighted by Gasteiger charge is 2.32. The van der Waals surface area contributed by atoms with Crippen molar-refractivity contribution in [1.82, 2.24) is 14.1 Å². The summed E-state index contributed by atoms with van der Waals surface area (Å²) in [5.74, 6) is 1.16. The van der Waals surface area contributed by atoms with E-state index in [-0.39, 0.29) is 24.0 Å². The Morgan fingerprint density at radius 1 is 0.510 bits per heavy atom. The van der Waals surface area contributed by atoms with Gasteiger partial charge in [-0.1, -0.05) is 158 Å². The SMILES string of the molecule is Cn1c(-c2ccccc2)c(-c2ccccc2)[n+](C)c1-c1c(-c2ccccc2)cccc1-c1ccccc1.[I-].c1ccc(-n2ccnc2)cc1. The van der Waals surface area contributed by atoms with E-state index in [0.717, 1.165) is 11.5 Å². The molecule has 0 fully saturated rings. The molecule has 4 nitrogen and oxygen atoms in total. The average Bonchev–Trinajstić information content (AvgIpc) is 3.80. The van der Waals surface area contributed by atoms with Crippen LogP contribution in [-0.4, -0.2) is 14.1 Å². The summed E-state index contributed by atoms with van der Waals surface area (Å²) < 4.78 is 6.71. The van der Waals surface area contributed by atoms with Crippen molar-refractivity contribution in [2.45, 2.75) is 0 Å². The first-order valence-electron chi connectivity index (χ1n) is 16.2. The van der Waals surface area contributed by atoms with Crippen LogP contribution in [0.15, 0.2) is 189 Å². The molecule has 2 heterocycles. The molecule has 2 aromatic heterocycles. The zero-order valence-electron chi connectivity index (χ0n) is 27.6. The summed E-state index contributed by atoms with van der Waals surface area (Å²) in [5.41, 5.74) is 12.0. The summed E-state index contributed by atoms with van der Waals surface area (Å²) in [4.78, 5) is 3.96. The van der Waals surface area contributed by atoms with Crippen LogP contribution in [0, 0.1) is 0 Å². The first-order valence-corrected chi connectivity index (χ1v) is 16.2. The third kappa shape index (κ3) is 7.03. The highest BCUT2D eigenvalue weighted by Crippen LogP contribution is 2.42. The lowest BCUT2D eigenvalue weighted by Gasteiger charge is -2.14. The molecule has 240 valence electrons. The Balaban J connectivity index is 0.000000294. The minimum Gasteiger partial charge on any atom is -1.00 e. The van der Waals surface area contributed by atoms with E-state index in [1.54, 1.807) is 12.5 Å². The van der Waals surface area contributed by atoms with Gasteiger partial charge in [-0.25, -0.2) is 14.1 Å². The molecule has 5 heteroatoms. The quantitative estimate of drug-likeness (QED) is 0.132. The zero-order valence-corrected chi connectivity index (χ0v) is 29.7. The van der Waals surface area contributed by atoms with Crippen molar-refractivity contribution in [1.29, 1.82) is 0 Å². The predicted molar refractivity (Wildman–Crippen MR) is 197 cm³/mol. The standard InChI is InChI=1S/C35H29N2.C9H8N2.HI/c1-36-33(28-20-11-5-12-21-28)34(29-22-13-6-14-23-29)37(2)35(36)32-30(26-16-7-3-8-17-26)24-15-25-31(32)27-18-9-4-10-19-27;1-2-4-9(5-3-1)11-7-6-10-8-11;/h3-25H,1-2H3;1-8H;1H/q+1;;/p-1. The van der Waals surface area contributed by atoms with Crippen LogP contribution in [0.4, 0.5) is 0 Å². The van der Waals surface area contributed by atoms with E-state index in [1.165, 1.54) is 50.3 Å². The minimum atomic E-state index is 0. The van der Waals surface area contributed by atoms with Crippen LogP contribution >= 0.6 is 0 Å². The van der Waals surface area contributed by atoms with Crippen molar-refractivity contribution >= 4 is 0 Å². The van der Waals surface area contributed by atoms with Crippen molar-refractivity contribution in [3.05, 3.63) is 189 Å². The number of halogens is 1. The highest BCUT2D eigenvalue weighted by molar-refractivity contribution is 5.93. The fourth-order valence-electron chi connectivity index (χ4n) is 6.46. The Hall–Kier alpha value is -5.53. The Kier molecular flexibility index (Phi) is 10.6. The summed E-state index contributed by atoms with van der Waals surface area (Å²) in [6, 6.07) is 59.6. The molecule has 49 heavy (non-hydrogen) atoms. The largest absolute Gasteiger partial charge is 1.00 e. The number of para-hydroxylation sites is 1.